The van der Waals surface area contributed by atoms with Crippen LogP contribution >= 0.6 is 27.3 Å². The number of aldehydes is 1. The number of carbonyl (C=O) groups excluding carboxylic acids is 1. The maximum atomic E-state index is 10.6. The fourth-order valence-corrected chi connectivity index (χ4v) is 2.86. The van der Waals surface area contributed by atoms with Crippen LogP contribution in [0.1, 0.15) is 15.2 Å². The quantitative estimate of drug-likeness (QED) is 0.750. The van der Waals surface area contributed by atoms with Crippen molar-refractivity contribution in [2.75, 3.05) is 0 Å². The van der Waals surface area contributed by atoms with Crippen molar-refractivity contribution in [1.29, 1.82) is 0 Å². The van der Waals surface area contributed by atoms with E-state index in [0.717, 1.165) is 26.1 Å². The maximum Gasteiger partial charge on any atom is 0.160 e. The summed E-state index contributed by atoms with van der Waals surface area (Å²) < 4.78 is 1.10. The molecule has 2 aromatic rings. The summed E-state index contributed by atoms with van der Waals surface area (Å²) in [5.74, 6) is 0. The van der Waals surface area contributed by atoms with Gasteiger partial charge in [0.2, 0.25) is 0 Å². The molecule has 0 spiro atoms. The second-order valence-corrected chi connectivity index (χ2v) is 5.16. The number of aryl methyl sites for hydroxylation is 1. The van der Waals surface area contributed by atoms with Gasteiger partial charge in [-0.05, 0) is 40.5 Å². The molecule has 0 aliphatic rings. The van der Waals surface area contributed by atoms with Gasteiger partial charge in [-0.25, -0.2) is 0 Å². The predicted octanol–water partition coefficient (Wildman–Crippen LogP) is 4.30. The molecule has 0 aliphatic heterocycles. The average Bonchev–Trinajstić information content (AvgIpc) is 2.70. The second kappa shape index (κ2) is 4.29. The van der Waals surface area contributed by atoms with E-state index >= 15 is 0 Å². The first-order chi connectivity index (χ1) is 7.22. The van der Waals surface area contributed by atoms with E-state index in [1.165, 1.54) is 16.9 Å². The summed E-state index contributed by atoms with van der Waals surface area (Å²) in [5.41, 5.74) is 2.35. The standard InChI is InChI=1S/C12H9BrOS/c1-8-3-2-4-10(12(8)13)11-6-5-9(7-14)15-11/h2-7H,1H3. The molecule has 0 bridgehead atoms. The number of thiophene rings is 1. The smallest absolute Gasteiger partial charge is 0.160 e. The van der Waals surface area contributed by atoms with Gasteiger partial charge in [-0.2, -0.15) is 0 Å². The van der Waals surface area contributed by atoms with Gasteiger partial charge in [-0.15, -0.1) is 11.3 Å². The Kier molecular flexibility index (Phi) is 3.03. The van der Waals surface area contributed by atoms with Crippen molar-refractivity contribution in [2.24, 2.45) is 0 Å². The van der Waals surface area contributed by atoms with Crippen LogP contribution in [0.2, 0.25) is 0 Å². The molecule has 0 fully saturated rings. The minimum Gasteiger partial charge on any atom is -0.297 e. The zero-order valence-corrected chi connectivity index (χ0v) is 10.6. The van der Waals surface area contributed by atoms with Crippen molar-refractivity contribution in [3.05, 3.63) is 45.2 Å². The van der Waals surface area contributed by atoms with Gasteiger partial charge in [0.1, 0.15) is 0 Å². The SMILES string of the molecule is Cc1cccc(-c2ccc(C=O)s2)c1Br. The van der Waals surface area contributed by atoms with Gasteiger partial charge in [0.05, 0.1) is 4.88 Å². The van der Waals surface area contributed by atoms with Crippen LogP contribution in [0.25, 0.3) is 10.4 Å². The lowest BCUT2D eigenvalue weighted by molar-refractivity contribution is 0.112. The first kappa shape index (κ1) is 10.6. The molecule has 1 nitrogen and oxygen atoms in total. The summed E-state index contributed by atoms with van der Waals surface area (Å²) in [6.07, 6.45) is 0.887. The summed E-state index contributed by atoms with van der Waals surface area (Å²) in [4.78, 5) is 12.5. The van der Waals surface area contributed by atoms with Gasteiger partial charge in [0, 0.05) is 14.9 Å². The van der Waals surface area contributed by atoms with E-state index in [4.69, 9.17) is 0 Å². The summed E-state index contributed by atoms with van der Waals surface area (Å²) in [6.45, 7) is 2.06. The fourth-order valence-electron chi connectivity index (χ4n) is 1.40. The van der Waals surface area contributed by atoms with Crippen LogP contribution in [0.15, 0.2) is 34.8 Å². The summed E-state index contributed by atoms with van der Waals surface area (Å²) >= 11 is 5.08. The largest absolute Gasteiger partial charge is 0.297 e. The highest BCUT2D eigenvalue weighted by molar-refractivity contribution is 9.10. The number of hydrogen-bond donors (Lipinski definition) is 0. The maximum absolute atomic E-state index is 10.6. The molecule has 0 atom stereocenters. The fraction of sp³-hybridized carbons (Fsp3) is 0.0833. The molecule has 0 unspecified atom stereocenters. The summed E-state index contributed by atoms with van der Waals surface area (Å²) in [5, 5.41) is 0. The zero-order chi connectivity index (χ0) is 10.8. The van der Waals surface area contributed by atoms with E-state index in [0.29, 0.717) is 0 Å². The van der Waals surface area contributed by atoms with Crippen molar-refractivity contribution in [2.45, 2.75) is 6.92 Å². The lowest BCUT2D eigenvalue weighted by Crippen LogP contribution is -1.79. The minimum absolute atomic E-state index is 0.762. The molecule has 2 rings (SSSR count). The van der Waals surface area contributed by atoms with Crippen molar-refractivity contribution < 1.29 is 4.79 Å². The monoisotopic (exact) mass is 280 g/mol. The highest BCUT2D eigenvalue weighted by Crippen LogP contribution is 2.34. The number of rotatable bonds is 2. The van der Waals surface area contributed by atoms with Gasteiger partial charge in [-0.1, -0.05) is 18.2 Å². The lowest BCUT2D eigenvalue weighted by Gasteiger charge is -2.03. The van der Waals surface area contributed by atoms with Gasteiger partial charge in [-0.3, -0.25) is 4.79 Å². The number of benzene rings is 1. The Morgan fingerprint density at radius 3 is 2.73 bits per heavy atom. The molecular formula is C12H9BrOS. The van der Waals surface area contributed by atoms with E-state index < -0.39 is 0 Å². The molecule has 0 radical (unpaired) electrons. The van der Waals surface area contributed by atoms with Crippen LogP contribution in [0.4, 0.5) is 0 Å². The van der Waals surface area contributed by atoms with Crippen molar-refractivity contribution in [3.63, 3.8) is 0 Å². The molecular weight excluding hydrogens is 272 g/mol. The van der Waals surface area contributed by atoms with Crippen LogP contribution in [0.5, 0.6) is 0 Å². The molecule has 0 saturated carbocycles. The molecule has 0 saturated heterocycles. The van der Waals surface area contributed by atoms with Gasteiger partial charge in [0.15, 0.2) is 6.29 Å². The first-order valence-corrected chi connectivity index (χ1v) is 6.14. The zero-order valence-electron chi connectivity index (χ0n) is 8.16. The van der Waals surface area contributed by atoms with Gasteiger partial charge in [0.25, 0.3) is 0 Å². The van der Waals surface area contributed by atoms with Crippen LogP contribution in [-0.4, -0.2) is 6.29 Å². The third-order valence-corrected chi connectivity index (χ3v) is 4.30. The molecule has 76 valence electrons. The molecule has 1 heterocycles. The molecule has 0 amide bonds. The van der Waals surface area contributed by atoms with E-state index in [1.807, 2.05) is 18.2 Å². The molecule has 0 aliphatic carbocycles. The van der Waals surface area contributed by atoms with Crippen LogP contribution < -0.4 is 0 Å². The van der Waals surface area contributed by atoms with Crippen LogP contribution in [0.3, 0.4) is 0 Å². The topological polar surface area (TPSA) is 17.1 Å². The summed E-state index contributed by atoms with van der Waals surface area (Å²) in [7, 11) is 0. The third kappa shape index (κ3) is 2.03. The first-order valence-electron chi connectivity index (χ1n) is 4.53. The lowest BCUT2D eigenvalue weighted by atomic mass is 10.1. The highest BCUT2D eigenvalue weighted by atomic mass is 79.9. The Hall–Kier alpha value is -0.930. The minimum atomic E-state index is 0.762. The Labute approximate surface area is 101 Å². The summed E-state index contributed by atoms with van der Waals surface area (Å²) in [6, 6.07) is 9.96. The Morgan fingerprint density at radius 2 is 2.07 bits per heavy atom. The predicted molar refractivity (Wildman–Crippen MR) is 67.6 cm³/mol. The van der Waals surface area contributed by atoms with E-state index in [-0.39, 0.29) is 0 Å². The Bertz CT molecular complexity index is 502. The van der Waals surface area contributed by atoms with Crippen LogP contribution in [-0.2, 0) is 0 Å². The molecule has 1 aromatic carbocycles. The van der Waals surface area contributed by atoms with Crippen molar-refractivity contribution in [1.82, 2.24) is 0 Å². The Morgan fingerprint density at radius 1 is 1.27 bits per heavy atom. The second-order valence-electron chi connectivity index (χ2n) is 3.26. The third-order valence-electron chi connectivity index (χ3n) is 2.20. The van der Waals surface area contributed by atoms with Crippen molar-refractivity contribution in [3.8, 4) is 10.4 Å². The molecule has 3 heteroatoms. The molecule has 15 heavy (non-hydrogen) atoms. The Balaban J connectivity index is 2.53. The molecule has 1 aromatic heterocycles. The normalized spacial score (nSPS) is 10.3. The van der Waals surface area contributed by atoms with Gasteiger partial charge < -0.3 is 0 Å². The van der Waals surface area contributed by atoms with Crippen LogP contribution in [0, 0.1) is 6.92 Å². The van der Waals surface area contributed by atoms with E-state index in [2.05, 4.69) is 35.0 Å². The van der Waals surface area contributed by atoms with E-state index in [9.17, 15) is 4.79 Å². The van der Waals surface area contributed by atoms with Crippen molar-refractivity contribution >= 4 is 33.6 Å². The average molecular weight is 281 g/mol. The highest BCUT2D eigenvalue weighted by Gasteiger charge is 2.07. The molecule has 0 N–H and O–H groups in total. The van der Waals surface area contributed by atoms with E-state index in [1.54, 1.807) is 0 Å². The van der Waals surface area contributed by atoms with Gasteiger partial charge >= 0.3 is 0 Å². The number of carbonyl (C=O) groups is 1. The number of halogens is 1. The number of hydrogen-bond acceptors (Lipinski definition) is 2.